The predicted molar refractivity (Wildman–Crippen MR) is 79.8 cm³/mol. The first-order chi connectivity index (χ1) is 8.88. The maximum Gasteiger partial charge on any atom is 0.0659 e. The fourth-order valence-corrected chi connectivity index (χ4v) is 1.45. The van der Waals surface area contributed by atoms with Gasteiger partial charge in [0.1, 0.15) is 0 Å². The molecule has 2 aromatic rings. The summed E-state index contributed by atoms with van der Waals surface area (Å²) in [4.78, 5) is 0. The number of benzene rings is 1. The van der Waals surface area contributed by atoms with Crippen LogP contribution in [0.15, 0.2) is 42.6 Å². The van der Waals surface area contributed by atoms with Gasteiger partial charge >= 0.3 is 0 Å². The van der Waals surface area contributed by atoms with Gasteiger partial charge in [-0.3, -0.25) is 4.68 Å². The Morgan fingerprint density at radius 1 is 0.944 bits per heavy atom. The van der Waals surface area contributed by atoms with E-state index in [1.165, 1.54) is 5.56 Å². The van der Waals surface area contributed by atoms with Crippen molar-refractivity contribution in [2.75, 3.05) is 0 Å². The molecule has 2 rings (SSSR count). The Kier molecular flexibility index (Phi) is 9.65. The number of aromatic nitrogens is 2. The minimum atomic E-state index is 0.862. The van der Waals surface area contributed by atoms with E-state index in [0.717, 1.165) is 18.7 Å². The van der Waals surface area contributed by atoms with Crippen LogP contribution in [-0.4, -0.2) is 9.78 Å². The first-order valence-corrected chi connectivity index (χ1v) is 6.94. The third-order valence-electron chi connectivity index (χ3n) is 2.25. The molecule has 0 saturated heterocycles. The zero-order valence-electron chi connectivity index (χ0n) is 12.4. The van der Waals surface area contributed by atoms with Crippen molar-refractivity contribution in [3.8, 4) is 0 Å². The molecule has 100 valence electrons. The Morgan fingerprint density at radius 3 is 2.06 bits per heavy atom. The Morgan fingerprint density at radius 2 is 1.56 bits per heavy atom. The van der Waals surface area contributed by atoms with Gasteiger partial charge in [0.2, 0.25) is 0 Å². The van der Waals surface area contributed by atoms with E-state index in [2.05, 4.69) is 42.4 Å². The normalized spacial score (nSPS) is 8.72. The molecule has 2 nitrogen and oxygen atoms in total. The molecule has 0 aliphatic heterocycles. The molecule has 1 heterocycles. The second-order valence-electron chi connectivity index (χ2n) is 3.34. The van der Waals surface area contributed by atoms with Crippen LogP contribution in [0.3, 0.4) is 0 Å². The Bertz CT molecular complexity index is 390. The topological polar surface area (TPSA) is 17.8 Å². The first-order valence-electron chi connectivity index (χ1n) is 6.94. The number of hydrogen-bond acceptors (Lipinski definition) is 1. The Hall–Kier alpha value is -1.57. The van der Waals surface area contributed by atoms with Crippen molar-refractivity contribution >= 4 is 0 Å². The molecule has 1 aromatic heterocycles. The largest absolute Gasteiger partial charge is 0.268 e. The average molecular weight is 246 g/mol. The third-order valence-corrected chi connectivity index (χ3v) is 2.25. The van der Waals surface area contributed by atoms with Gasteiger partial charge in [-0.1, -0.05) is 65.0 Å². The number of aryl methyl sites for hydroxylation is 1. The van der Waals surface area contributed by atoms with E-state index >= 15 is 0 Å². The van der Waals surface area contributed by atoms with Gasteiger partial charge in [0.25, 0.3) is 0 Å². The molecule has 0 bridgehead atoms. The molecule has 0 saturated carbocycles. The van der Waals surface area contributed by atoms with Gasteiger partial charge in [-0.2, -0.15) is 5.10 Å². The van der Waals surface area contributed by atoms with Crippen LogP contribution in [0.4, 0.5) is 0 Å². The molecule has 18 heavy (non-hydrogen) atoms. The van der Waals surface area contributed by atoms with E-state index in [-0.39, 0.29) is 0 Å². The summed E-state index contributed by atoms with van der Waals surface area (Å²) >= 11 is 0. The van der Waals surface area contributed by atoms with Gasteiger partial charge in [0, 0.05) is 6.20 Å². The van der Waals surface area contributed by atoms with Crippen molar-refractivity contribution in [2.24, 2.45) is 0 Å². The van der Waals surface area contributed by atoms with Crippen molar-refractivity contribution in [3.05, 3.63) is 53.9 Å². The highest BCUT2D eigenvalue weighted by Gasteiger charge is 1.96. The minimum Gasteiger partial charge on any atom is -0.268 e. The van der Waals surface area contributed by atoms with E-state index in [9.17, 15) is 0 Å². The van der Waals surface area contributed by atoms with Gasteiger partial charge in [0.05, 0.1) is 12.2 Å². The zero-order chi connectivity index (χ0) is 13.8. The second-order valence-corrected chi connectivity index (χ2v) is 3.34. The van der Waals surface area contributed by atoms with Gasteiger partial charge in [-0.25, -0.2) is 0 Å². The van der Waals surface area contributed by atoms with Gasteiger partial charge in [-0.15, -0.1) is 0 Å². The molecule has 0 aliphatic rings. The molecule has 0 spiro atoms. The van der Waals surface area contributed by atoms with E-state index in [1.807, 2.05) is 44.6 Å². The molecule has 0 unspecified atom stereocenters. The molecule has 0 amide bonds. The van der Waals surface area contributed by atoms with Crippen molar-refractivity contribution in [1.82, 2.24) is 9.78 Å². The molecule has 0 radical (unpaired) electrons. The fourth-order valence-electron chi connectivity index (χ4n) is 1.45. The molecule has 0 atom stereocenters. The van der Waals surface area contributed by atoms with E-state index in [1.54, 1.807) is 0 Å². The van der Waals surface area contributed by atoms with Crippen LogP contribution in [-0.2, 0) is 13.0 Å². The SMILES string of the molecule is CC.CC.CCc1ccn(Cc2ccccc2)n1. The maximum atomic E-state index is 4.44. The molecular formula is C16H26N2. The number of rotatable bonds is 3. The van der Waals surface area contributed by atoms with Crippen LogP contribution >= 0.6 is 0 Å². The summed E-state index contributed by atoms with van der Waals surface area (Å²) in [5, 5.41) is 4.44. The van der Waals surface area contributed by atoms with Gasteiger partial charge in [0.15, 0.2) is 0 Å². The highest BCUT2D eigenvalue weighted by atomic mass is 15.3. The molecular weight excluding hydrogens is 220 g/mol. The Labute approximate surface area is 112 Å². The monoisotopic (exact) mass is 246 g/mol. The third kappa shape index (κ3) is 5.67. The Balaban J connectivity index is 0.000000659. The molecule has 2 heteroatoms. The standard InChI is InChI=1S/C12H14N2.2C2H6/c1-2-12-8-9-14(13-12)10-11-6-4-3-5-7-11;2*1-2/h3-9H,2,10H2,1H3;2*1-2H3. The predicted octanol–water partition coefficient (Wildman–Crippen LogP) is 4.55. The smallest absolute Gasteiger partial charge is 0.0659 e. The number of nitrogens with zero attached hydrogens (tertiary/aromatic N) is 2. The van der Waals surface area contributed by atoms with Crippen molar-refractivity contribution in [1.29, 1.82) is 0 Å². The summed E-state index contributed by atoms with van der Waals surface area (Å²) in [6.45, 7) is 11.0. The first kappa shape index (κ1) is 16.4. The van der Waals surface area contributed by atoms with Crippen LogP contribution in [0.25, 0.3) is 0 Å². The van der Waals surface area contributed by atoms with Crippen LogP contribution in [0, 0.1) is 0 Å². The van der Waals surface area contributed by atoms with E-state index in [0.29, 0.717) is 0 Å². The molecule has 0 N–H and O–H groups in total. The molecule has 0 fully saturated rings. The second kappa shape index (κ2) is 10.6. The van der Waals surface area contributed by atoms with Crippen LogP contribution in [0.5, 0.6) is 0 Å². The highest BCUT2D eigenvalue weighted by molar-refractivity contribution is 5.15. The molecule has 1 aromatic carbocycles. The van der Waals surface area contributed by atoms with Crippen LogP contribution in [0.2, 0.25) is 0 Å². The minimum absolute atomic E-state index is 0.862. The van der Waals surface area contributed by atoms with E-state index < -0.39 is 0 Å². The van der Waals surface area contributed by atoms with Crippen molar-refractivity contribution < 1.29 is 0 Å². The zero-order valence-corrected chi connectivity index (χ0v) is 12.4. The average Bonchev–Trinajstić information content (AvgIpc) is 2.92. The lowest BCUT2D eigenvalue weighted by Crippen LogP contribution is -2.00. The summed E-state index contributed by atoms with van der Waals surface area (Å²) in [6.07, 6.45) is 3.04. The fraction of sp³-hybridized carbons (Fsp3) is 0.438. The van der Waals surface area contributed by atoms with Crippen LogP contribution < -0.4 is 0 Å². The highest BCUT2D eigenvalue weighted by Crippen LogP contribution is 2.03. The summed E-state index contributed by atoms with van der Waals surface area (Å²) in [7, 11) is 0. The summed E-state index contributed by atoms with van der Waals surface area (Å²) in [6, 6.07) is 12.5. The van der Waals surface area contributed by atoms with Crippen LogP contribution in [0.1, 0.15) is 45.9 Å². The summed E-state index contributed by atoms with van der Waals surface area (Å²) in [5.74, 6) is 0. The maximum absolute atomic E-state index is 4.44. The molecule has 0 aliphatic carbocycles. The lowest BCUT2D eigenvalue weighted by Gasteiger charge is -2.00. The quantitative estimate of drug-likeness (QED) is 0.777. The van der Waals surface area contributed by atoms with Crippen molar-refractivity contribution in [3.63, 3.8) is 0 Å². The van der Waals surface area contributed by atoms with Crippen molar-refractivity contribution in [2.45, 2.75) is 47.6 Å². The summed E-state index contributed by atoms with van der Waals surface area (Å²) in [5.41, 5.74) is 2.44. The summed E-state index contributed by atoms with van der Waals surface area (Å²) < 4.78 is 1.98. The lowest BCUT2D eigenvalue weighted by molar-refractivity contribution is 0.673. The van der Waals surface area contributed by atoms with Gasteiger partial charge in [-0.05, 0) is 18.1 Å². The van der Waals surface area contributed by atoms with E-state index in [4.69, 9.17) is 0 Å². The lowest BCUT2D eigenvalue weighted by atomic mass is 10.2. The number of hydrogen-bond donors (Lipinski definition) is 0. The van der Waals surface area contributed by atoms with Gasteiger partial charge < -0.3 is 0 Å².